The molecule has 2 aliphatic heterocycles. The molecule has 0 radical (unpaired) electrons. The van der Waals surface area contributed by atoms with Gasteiger partial charge in [-0.05, 0) is 57.0 Å². The van der Waals surface area contributed by atoms with E-state index in [0.29, 0.717) is 28.3 Å². The molecule has 0 N–H and O–H groups in total. The van der Waals surface area contributed by atoms with Gasteiger partial charge in [0.15, 0.2) is 11.6 Å². The Balaban J connectivity index is 1.49. The zero-order valence-corrected chi connectivity index (χ0v) is 20.0. The van der Waals surface area contributed by atoms with Crippen LogP contribution in [0.15, 0.2) is 42.6 Å². The normalized spacial score (nSPS) is 20.8. The molecule has 1 aromatic carbocycles. The zero-order valence-electron chi connectivity index (χ0n) is 19.3. The summed E-state index contributed by atoms with van der Waals surface area (Å²) in [7, 11) is 0. The summed E-state index contributed by atoms with van der Waals surface area (Å²) in [5.41, 5.74) is 1.11. The van der Waals surface area contributed by atoms with E-state index < -0.39 is 11.6 Å². The second-order valence-electron chi connectivity index (χ2n) is 9.02. The minimum absolute atomic E-state index is 0.128. The Morgan fingerprint density at radius 2 is 1.79 bits per heavy atom. The van der Waals surface area contributed by atoms with Gasteiger partial charge < -0.3 is 14.7 Å². The fourth-order valence-corrected chi connectivity index (χ4v) is 5.07. The molecule has 2 fully saturated rings. The highest BCUT2D eigenvalue weighted by molar-refractivity contribution is 6.32. The first-order chi connectivity index (χ1) is 16.4. The number of hydrogen-bond acceptors (Lipinski definition) is 6. The van der Waals surface area contributed by atoms with E-state index in [2.05, 4.69) is 33.5 Å². The molecule has 0 spiro atoms. The van der Waals surface area contributed by atoms with Crippen LogP contribution in [0.3, 0.4) is 0 Å². The van der Waals surface area contributed by atoms with Crippen LogP contribution in [0.5, 0.6) is 0 Å². The highest BCUT2D eigenvalue weighted by Gasteiger charge is 2.29. The molecular weight excluding hydrogens is 458 g/mol. The Morgan fingerprint density at radius 1 is 0.941 bits per heavy atom. The standard InChI is InChI=1S/C25H27ClF2N6/c1-16-5-4-10-34(16)25-30-22(18-7-8-20(27)21(28)13-18)14-23(31-25)33-12-11-32(15-17(33)2)24-19(26)6-3-9-29-24/h3,6-9,13-14,16-17H,4-5,10-12,15H2,1-2H3/t16-,17+/m1/s1. The van der Waals surface area contributed by atoms with Crippen molar-refractivity contribution in [3.05, 3.63) is 59.3 Å². The molecule has 2 atom stereocenters. The predicted octanol–water partition coefficient (Wildman–Crippen LogP) is 5.17. The van der Waals surface area contributed by atoms with Gasteiger partial charge in [0.25, 0.3) is 0 Å². The maximum atomic E-state index is 14.0. The minimum Gasteiger partial charge on any atom is -0.352 e. The first-order valence-corrected chi connectivity index (χ1v) is 12.0. The maximum Gasteiger partial charge on any atom is 0.228 e. The zero-order chi connectivity index (χ0) is 23.8. The van der Waals surface area contributed by atoms with Crippen LogP contribution in [-0.2, 0) is 0 Å². The lowest BCUT2D eigenvalue weighted by Gasteiger charge is -2.41. The number of hydrogen-bond donors (Lipinski definition) is 0. The first-order valence-electron chi connectivity index (χ1n) is 11.6. The van der Waals surface area contributed by atoms with Crippen molar-refractivity contribution in [3.8, 4) is 11.3 Å². The van der Waals surface area contributed by atoms with Crippen molar-refractivity contribution in [1.29, 1.82) is 0 Å². The van der Waals surface area contributed by atoms with Gasteiger partial charge in [0, 0.05) is 56.1 Å². The molecule has 6 nitrogen and oxygen atoms in total. The number of nitrogens with zero attached hydrogens (tertiary/aromatic N) is 6. The van der Waals surface area contributed by atoms with Gasteiger partial charge in [0.1, 0.15) is 11.6 Å². The fraction of sp³-hybridized carbons (Fsp3) is 0.400. The molecule has 0 bridgehead atoms. The second kappa shape index (κ2) is 9.33. The van der Waals surface area contributed by atoms with E-state index in [4.69, 9.17) is 21.6 Å². The Labute approximate surface area is 203 Å². The average molecular weight is 485 g/mol. The second-order valence-corrected chi connectivity index (χ2v) is 9.43. The van der Waals surface area contributed by atoms with Crippen LogP contribution in [-0.4, -0.2) is 53.2 Å². The summed E-state index contributed by atoms with van der Waals surface area (Å²) < 4.78 is 27.6. The van der Waals surface area contributed by atoms with Gasteiger partial charge >= 0.3 is 0 Å². The number of halogens is 3. The van der Waals surface area contributed by atoms with Crippen molar-refractivity contribution in [3.63, 3.8) is 0 Å². The molecule has 0 amide bonds. The summed E-state index contributed by atoms with van der Waals surface area (Å²) in [5, 5.41) is 0.635. The molecule has 9 heteroatoms. The summed E-state index contributed by atoms with van der Waals surface area (Å²) >= 11 is 6.38. The highest BCUT2D eigenvalue weighted by atomic mass is 35.5. The number of anilines is 3. The number of rotatable bonds is 4. The highest BCUT2D eigenvalue weighted by Crippen LogP contribution is 2.32. The van der Waals surface area contributed by atoms with Crippen molar-refractivity contribution >= 4 is 29.2 Å². The van der Waals surface area contributed by atoms with Crippen molar-refractivity contribution in [1.82, 2.24) is 15.0 Å². The van der Waals surface area contributed by atoms with E-state index in [1.54, 1.807) is 12.3 Å². The fourth-order valence-electron chi connectivity index (χ4n) is 4.83. The summed E-state index contributed by atoms with van der Waals surface area (Å²) in [4.78, 5) is 20.8. The van der Waals surface area contributed by atoms with E-state index in [1.165, 1.54) is 6.07 Å². The quantitative estimate of drug-likeness (QED) is 0.509. The molecule has 2 saturated heterocycles. The monoisotopic (exact) mass is 484 g/mol. The van der Waals surface area contributed by atoms with E-state index >= 15 is 0 Å². The van der Waals surface area contributed by atoms with Crippen molar-refractivity contribution in [2.75, 3.05) is 40.9 Å². The van der Waals surface area contributed by atoms with Crippen LogP contribution >= 0.6 is 11.6 Å². The van der Waals surface area contributed by atoms with Crippen LogP contribution in [0, 0.1) is 11.6 Å². The van der Waals surface area contributed by atoms with Gasteiger partial charge in [-0.1, -0.05) is 11.6 Å². The third-order valence-corrected chi connectivity index (χ3v) is 6.98. The molecule has 3 aromatic rings. The van der Waals surface area contributed by atoms with Crippen LogP contribution in [0.25, 0.3) is 11.3 Å². The van der Waals surface area contributed by atoms with Crippen LogP contribution in [0.1, 0.15) is 26.7 Å². The Morgan fingerprint density at radius 3 is 2.50 bits per heavy atom. The van der Waals surface area contributed by atoms with Gasteiger partial charge in [-0.3, -0.25) is 0 Å². The Hall–Kier alpha value is -3.00. The summed E-state index contributed by atoms with van der Waals surface area (Å²) in [6, 6.07) is 9.90. The number of benzene rings is 1. The lowest BCUT2D eigenvalue weighted by atomic mass is 10.1. The number of pyridine rings is 1. The molecule has 0 saturated carbocycles. The molecule has 4 heterocycles. The van der Waals surface area contributed by atoms with Gasteiger partial charge in [-0.25, -0.2) is 18.7 Å². The third kappa shape index (κ3) is 4.39. The largest absolute Gasteiger partial charge is 0.352 e. The average Bonchev–Trinajstić information content (AvgIpc) is 3.26. The molecule has 5 rings (SSSR count). The van der Waals surface area contributed by atoms with Crippen LogP contribution in [0.2, 0.25) is 5.02 Å². The van der Waals surface area contributed by atoms with Crippen LogP contribution < -0.4 is 14.7 Å². The SMILES string of the molecule is C[C@@H]1CCCN1c1nc(-c2ccc(F)c(F)c2)cc(N2CCN(c3ncccc3Cl)C[C@@H]2C)n1. The van der Waals surface area contributed by atoms with Crippen LogP contribution in [0.4, 0.5) is 26.4 Å². The molecule has 0 aliphatic carbocycles. The Bertz CT molecular complexity index is 1190. The summed E-state index contributed by atoms with van der Waals surface area (Å²) in [6.45, 7) is 7.37. The lowest BCUT2D eigenvalue weighted by Crippen LogP contribution is -2.52. The van der Waals surface area contributed by atoms with Gasteiger partial charge in [0.05, 0.1) is 10.7 Å². The number of piperazine rings is 1. The van der Waals surface area contributed by atoms with Crippen molar-refractivity contribution in [2.45, 2.75) is 38.8 Å². The summed E-state index contributed by atoms with van der Waals surface area (Å²) in [5.74, 6) is 0.437. The first kappa shape index (κ1) is 22.8. The molecule has 2 aromatic heterocycles. The molecule has 2 aliphatic rings. The van der Waals surface area contributed by atoms with Crippen molar-refractivity contribution in [2.24, 2.45) is 0 Å². The smallest absolute Gasteiger partial charge is 0.228 e. The summed E-state index contributed by atoms with van der Waals surface area (Å²) in [6.07, 6.45) is 3.91. The molecular formula is C25H27ClF2N6. The minimum atomic E-state index is -0.886. The van der Waals surface area contributed by atoms with Crippen molar-refractivity contribution < 1.29 is 8.78 Å². The maximum absolute atomic E-state index is 14.0. The third-order valence-electron chi connectivity index (χ3n) is 6.69. The van der Waals surface area contributed by atoms with Gasteiger partial charge in [-0.15, -0.1) is 0 Å². The van der Waals surface area contributed by atoms with Gasteiger partial charge in [0.2, 0.25) is 5.95 Å². The van der Waals surface area contributed by atoms with E-state index in [9.17, 15) is 8.78 Å². The van der Waals surface area contributed by atoms with E-state index in [1.807, 2.05) is 18.2 Å². The van der Waals surface area contributed by atoms with E-state index in [0.717, 1.165) is 56.7 Å². The van der Waals surface area contributed by atoms with Gasteiger partial charge in [-0.2, -0.15) is 4.98 Å². The lowest BCUT2D eigenvalue weighted by molar-refractivity contribution is 0.509. The van der Waals surface area contributed by atoms with E-state index in [-0.39, 0.29) is 6.04 Å². The molecule has 0 unspecified atom stereocenters. The Kier molecular flexibility index (Phi) is 6.25. The predicted molar refractivity (Wildman–Crippen MR) is 132 cm³/mol. The molecule has 34 heavy (non-hydrogen) atoms. The topological polar surface area (TPSA) is 48.4 Å². The number of aromatic nitrogens is 3. The molecule has 178 valence electrons.